The molecule has 0 aromatic heterocycles. The Morgan fingerprint density at radius 2 is 1.00 bits per heavy atom. The highest BCUT2D eigenvalue weighted by molar-refractivity contribution is 7.47. The van der Waals surface area contributed by atoms with Crippen molar-refractivity contribution in [2.24, 2.45) is 5.73 Å². The van der Waals surface area contributed by atoms with Gasteiger partial charge in [0.15, 0.2) is 6.10 Å². The van der Waals surface area contributed by atoms with E-state index < -0.39 is 51.1 Å². The van der Waals surface area contributed by atoms with Crippen molar-refractivity contribution in [3.8, 4) is 0 Å². The molecular formula is C44H74NO10P. The lowest BCUT2D eigenvalue weighted by Crippen LogP contribution is -2.34. The second kappa shape index (κ2) is 38.8. The molecule has 0 amide bonds. The standard InChI is InChI=1S/C44H74NO10P/c1-3-5-7-9-11-13-15-17-18-19-20-21-22-24-25-27-29-31-33-35-42(46)52-37-40(38-53-56(50,51)54-39-41(45)44(48)49)55-43(47)36-34-32-30-28-26-23-16-14-12-10-8-6-4-2/h5,7,11,13,17-18,20-21,24-25,29,31,40-41H,3-4,6,8-10,12,14-16,19,22-23,26-28,30,32-39,45H2,1-2H3,(H,48,49)(H,50,51). The van der Waals surface area contributed by atoms with Gasteiger partial charge in [-0.1, -0.05) is 164 Å². The molecule has 12 heteroatoms. The number of carbonyl (C=O) groups is 3. The average molecular weight is 808 g/mol. The second-order valence-electron chi connectivity index (χ2n) is 13.7. The van der Waals surface area contributed by atoms with Crippen LogP contribution in [0.15, 0.2) is 72.9 Å². The normalized spacial score (nSPS) is 14.5. The maximum Gasteiger partial charge on any atom is 0.472 e. The summed E-state index contributed by atoms with van der Waals surface area (Å²) in [5.41, 5.74) is 5.32. The highest BCUT2D eigenvalue weighted by Crippen LogP contribution is 2.43. The Bertz CT molecular complexity index is 1230. The summed E-state index contributed by atoms with van der Waals surface area (Å²) in [5, 5.41) is 8.88. The number of hydrogen-bond donors (Lipinski definition) is 3. The van der Waals surface area contributed by atoms with Crippen molar-refractivity contribution in [1.29, 1.82) is 0 Å². The Kier molecular flexibility index (Phi) is 36.6. The molecule has 56 heavy (non-hydrogen) atoms. The van der Waals surface area contributed by atoms with E-state index in [1.165, 1.54) is 57.8 Å². The molecule has 0 aliphatic rings. The number of carboxylic acid groups (broad SMARTS) is 1. The molecule has 0 saturated heterocycles. The smallest absolute Gasteiger partial charge is 0.472 e. The first-order chi connectivity index (χ1) is 27.1. The Balaban J connectivity index is 4.51. The van der Waals surface area contributed by atoms with Crippen LogP contribution < -0.4 is 5.73 Å². The molecule has 0 spiro atoms. The lowest BCUT2D eigenvalue weighted by Gasteiger charge is -2.20. The van der Waals surface area contributed by atoms with Crippen LogP contribution in [0.1, 0.15) is 155 Å². The largest absolute Gasteiger partial charge is 0.480 e. The maximum atomic E-state index is 12.6. The molecule has 0 bridgehead atoms. The van der Waals surface area contributed by atoms with Gasteiger partial charge in [0.2, 0.25) is 0 Å². The van der Waals surface area contributed by atoms with Crippen LogP contribution in [0.3, 0.4) is 0 Å². The van der Waals surface area contributed by atoms with E-state index in [4.69, 9.17) is 24.8 Å². The third-order valence-electron chi connectivity index (χ3n) is 8.48. The van der Waals surface area contributed by atoms with E-state index in [-0.39, 0.29) is 19.4 Å². The van der Waals surface area contributed by atoms with E-state index in [0.29, 0.717) is 12.8 Å². The van der Waals surface area contributed by atoms with Crippen LogP contribution in [0.2, 0.25) is 0 Å². The van der Waals surface area contributed by atoms with Gasteiger partial charge in [-0.05, 0) is 51.4 Å². The van der Waals surface area contributed by atoms with Crippen LogP contribution in [0.4, 0.5) is 0 Å². The minimum Gasteiger partial charge on any atom is -0.480 e. The van der Waals surface area contributed by atoms with Gasteiger partial charge in [0.1, 0.15) is 12.6 Å². The van der Waals surface area contributed by atoms with Crippen LogP contribution in [0, 0.1) is 0 Å². The lowest BCUT2D eigenvalue weighted by atomic mass is 10.0. The maximum absolute atomic E-state index is 12.6. The highest BCUT2D eigenvalue weighted by Gasteiger charge is 2.28. The van der Waals surface area contributed by atoms with Gasteiger partial charge in [0, 0.05) is 12.8 Å². The van der Waals surface area contributed by atoms with Gasteiger partial charge in [-0.15, -0.1) is 0 Å². The van der Waals surface area contributed by atoms with E-state index in [9.17, 15) is 23.8 Å². The Labute approximate surface area is 338 Å². The zero-order valence-electron chi connectivity index (χ0n) is 34.4. The molecule has 4 N–H and O–H groups in total. The third-order valence-corrected chi connectivity index (χ3v) is 9.43. The summed E-state index contributed by atoms with van der Waals surface area (Å²) < 4.78 is 32.6. The molecule has 0 aliphatic carbocycles. The molecule has 0 aromatic rings. The monoisotopic (exact) mass is 808 g/mol. The number of allylic oxidation sites excluding steroid dienone is 12. The number of phosphoric ester groups is 1. The number of unbranched alkanes of at least 4 members (excludes halogenated alkanes) is 12. The fourth-order valence-corrected chi connectivity index (χ4v) is 5.99. The second-order valence-corrected chi connectivity index (χ2v) is 15.2. The molecule has 0 radical (unpaired) electrons. The third kappa shape index (κ3) is 37.8. The van der Waals surface area contributed by atoms with E-state index >= 15 is 0 Å². The minimum absolute atomic E-state index is 0.0946. The van der Waals surface area contributed by atoms with Crippen LogP contribution >= 0.6 is 7.82 Å². The molecule has 0 aliphatic heterocycles. The van der Waals surface area contributed by atoms with E-state index in [1.54, 1.807) is 0 Å². The highest BCUT2D eigenvalue weighted by atomic mass is 31.2. The zero-order chi connectivity index (χ0) is 41.4. The Morgan fingerprint density at radius 3 is 1.46 bits per heavy atom. The molecular weight excluding hydrogens is 733 g/mol. The lowest BCUT2D eigenvalue weighted by molar-refractivity contribution is -0.161. The van der Waals surface area contributed by atoms with Crippen LogP contribution in [-0.2, 0) is 37.5 Å². The van der Waals surface area contributed by atoms with Crippen molar-refractivity contribution in [1.82, 2.24) is 0 Å². The van der Waals surface area contributed by atoms with Crippen molar-refractivity contribution < 1.29 is 47.5 Å². The molecule has 0 saturated carbocycles. The van der Waals surface area contributed by atoms with Gasteiger partial charge in [-0.25, -0.2) is 4.57 Å². The summed E-state index contributed by atoms with van der Waals surface area (Å²) in [6, 6.07) is -1.53. The number of carboxylic acids is 1. The van der Waals surface area contributed by atoms with Crippen LogP contribution in [0.5, 0.6) is 0 Å². The van der Waals surface area contributed by atoms with E-state index in [0.717, 1.165) is 57.8 Å². The molecule has 320 valence electrons. The summed E-state index contributed by atoms with van der Waals surface area (Å²) in [6.45, 7) is 2.59. The number of hydrogen-bond acceptors (Lipinski definition) is 9. The van der Waals surface area contributed by atoms with Gasteiger partial charge in [0.25, 0.3) is 0 Å². The topological polar surface area (TPSA) is 172 Å². The van der Waals surface area contributed by atoms with Crippen molar-refractivity contribution in [2.45, 2.75) is 167 Å². The zero-order valence-corrected chi connectivity index (χ0v) is 35.3. The number of phosphoric acid groups is 1. The first kappa shape index (κ1) is 52.9. The number of rotatable bonds is 38. The predicted octanol–water partition coefficient (Wildman–Crippen LogP) is 10.9. The van der Waals surface area contributed by atoms with Gasteiger partial charge in [0.05, 0.1) is 13.2 Å². The Morgan fingerprint density at radius 1 is 0.571 bits per heavy atom. The number of ether oxygens (including phenoxy) is 2. The first-order valence-electron chi connectivity index (χ1n) is 21.0. The number of esters is 2. The first-order valence-corrected chi connectivity index (χ1v) is 22.5. The van der Waals surface area contributed by atoms with Crippen molar-refractivity contribution in [3.05, 3.63) is 72.9 Å². The predicted molar refractivity (Wildman–Crippen MR) is 226 cm³/mol. The van der Waals surface area contributed by atoms with Crippen LogP contribution in [-0.4, -0.2) is 59.9 Å². The number of carbonyl (C=O) groups excluding carboxylic acids is 2. The van der Waals surface area contributed by atoms with Gasteiger partial charge in [-0.2, -0.15) is 0 Å². The number of nitrogens with two attached hydrogens (primary N) is 1. The van der Waals surface area contributed by atoms with Crippen molar-refractivity contribution in [2.75, 3.05) is 19.8 Å². The quantitative estimate of drug-likeness (QED) is 0.0235. The summed E-state index contributed by atoms with van der Waals surface area (Å²) in [6.07, 6.45) is 45.5. The summed E-state index contributed by atoms with van der Waals surface area (Å²) >= 11 is 0. The molecule has 0 rings (SSSR count). The Hall–Kier alpha value is -3.08. The fraction of sp³-hybridized carbons (Fsp3) is 0.659. The average Bonchev–Trinajstić information content (AvgIpc) is 3.17. The molecule has 3 atom stereocenters. The fourth-order valence-electron chi connectivity index (χ4n) is 5.21. The number of aliphatic carboxylic acids is 1. The van der Waals surface area contributed by atoms with Crippen molar-refractivity contribution in [3.63, 3.8) is 0 Å². The molecule has 3 unspecified atom stereocenters. The van der Waals surface area contributed by atoms with E-state index in [1.807, 2.05) is 12.2 Å². The van der Waals surface area contributed by atoms with Gasteiger partial charge < -0.3 is 25.2 Å². The molecule has 0 aromatic carbocycles. The molecule has 11 nitrogen and oxygen atoms in total. The van der Waals surface area contributed by atoms with Crippen molar-refractivity contribution >= 4 is 25.7 Å². The summed E-state index contributed by atoms with van der Waals surface area (Å²) in [4.78, 5) is 45.8. The molecule has 0 fully saturated rings. The molecule has 0 heterocycles. The summed E-state index contributed by atoms with van der Waals surface area (Å²) in [7, 11) is -4.73. The summed E-state index contributed by atoms with van der Waals surface area (Å²) in [5.74, 6) is -2.49. The van der Waals surface area contributed by atoms with Gasteiger partial charge >= 0.3 is 25.7 Å². The van der Waals surface area contributed by atoms with Gasteiger partial charge in [-0.3, -0.25) is 23.4 Å². The SMILES string of the molecule is CCC=CCC=CCC=CCC=CCC=CCC=CCCC(=O)OCC(COP(=O)(O)OCC(N)C(=O)O)OC(=O)CCCCCCCCCCCCCCC. The van der Waals surface area contributed by atoms with E-state index in [2.05, 4.69) is 79.1 Å². The minimum atomic E-state index is -4.73. The van der Waals surface area contributed by atoms with Crippen LogP contribution in [0.25, 0.3) is 0 Å².